The van der Waals surface area contributed by atoms with Crippen LogP contribution in [-0.4, -0.2) is 46.6 Å². The lowest BCUT2D eigenvalue weighted by Gasteiger charge is -2.29. The molecule has 0 aliphatic carbocycles. The number of aliphatic imine (C=N–C) groups is 1. The molecular weight excluding hydrogens is 402 g/mol. The molecule has 1 aromatic heterocycles. The van der Waals surface area contributed by atoms with Crippen molar-refractivity contribution in [3.63, 3.8) is 0 Å². The van der Waals surface area contributed by atoms with Crippen LogP contribution in [0.2, 0.25) is 0 Å². The SMILES string of the molecule is CC.CNC1=C(C(N)=Nc2ccc(-c3cnn(C)c3)c(C(F)F)c2)CN(C(C)=O)CC1. The molecule has 0 fully saturated rings. The van der Waals surface area contributed by atoms with E-state index >= 15 is 0 Å². The lowest BCUT2D eigenvalue weighted by molar-refractivity contribution is -0.128. The van der Waals surface area contributed by atoms with E-state index in [1.165, 1.54) is 13.0 Å². The highest BCUT2D eigenvalue weighted by atomic mass is 19.3. The molecule has 9 heteroatoms. The van der Waals surface area contributed by atoms with Gasteiger partial charge in [-0.25, -0.2) is 13.8 Å². The molecular formula is C22H30F2N6O. The fourth-order valence-corrected chi connectivity index (χ4v) is 3.37. The highest BCUT2D eigenvalue weighted by Gasteiger charge is 2.23. The number of rotatable bonds is 5. The fourth-order valence-electron chi connectivity index (χ4n) is 3.37. The number of amidine groups is 1. The van der Waals surface area contributed by atoms with E-state index in [1.807, 2.05) is 13.8 Å². The van der Waals surface area contributed by atoms with E-state index in [4.69, 9.17) is 5.73 Å². The largest absolute Gasteiger partial charge is 0.391 e. The minimum absolute atomic E-state index is 0.0498. The van der Waals surface area contributed by atoms with Crippen LogP contribution in [0.15, 0.2) is 46.9 Å². The normalized spacial score (nSPS) is 14.5. The van der Waals surface area contributed by atoms with Gasteiger partial charge < -0.3 is 16.0 Å². The van der Waals surface area contributed by atoms with Crippen molar-refractivity contribution < 1.29 is 13.6 Å². The van der Waals surface area contributed by atoms with Gasteiger partial charge in [0.1, 0.15) is 5.84 Å². The van der Waals surface area contributed by atoms with Gasteiger partial charge in [-0.2, -0.15) is 5.10 Å². The van der Waals surface area contributed by atoms with Crippen LogP contribution in [0.1, 0.15) is 39.2 Å². The number of nitrogens with two attached hydrogens (primary N) is 1. The van der Waals surface area contributed by atoms with Gasteiger partial charge >= 0.3 is 0 Å². The Balaban J connectivity index is 0.00000166. The Morgan fingerprint density at radius 2 is 2.03 bits per heavy atom. The lowest BCUT2D eigenvalue weighted by atomic mass is 10.0. The Hall–Kier alpha value is -3.23. The highest BCUT2D eigenvalue weighted by Crippen LogP contribution is 2.34. The zero-order valence-corrected chi connectivity index (χ0v) is 18.6. The number of aryl methyl sites for hydroxylation is 1. The Labute approximate surface area is 181 Å². The average molecular weight is 433 g/mol. The highest BCUT2D eigenvalue weighted by molar-refractivity contribution is 6.00. The van der Waals surface area contributed by atoms with Crippen LogP contribution in [-0.2, 0) is 11.8 Å². The van der Waals surface area contributed by atoms with Gasteiger partial charge in [0.25, 0.3) is 6.43 Å². The Morgan fingerprint density at radius 3 is 2.58 bits per heavy atom. The first-order valence-corrected chi connectivity index (χ1v) is 10.2. The van der Waals surface area contributed by atoms with E-state index in [1.54, 1.807) is 48.2 Å². The maximum atomic E-state index is 13.7. The van der Waals surface area contributed by atoms with Crippen molar-refractivity contribution in [2.45, 2.75) is 33.6 Å². The molecule has 1 aliphatic heterocycles. The lowest BCUT2D eigenvalue weighted by Crippen LogP contribution is -2.40. The second kappa shape index (κ2) is 10.7. The third kappa shape index (κ3) is 5.68. The maximum Gasteiger partial charge on any atom is 0.264 e. The molecule has 2 heterocycles. The zero-order valence-electron chi connectivity index (χ0n) is 18.6. The summed E-state index contributed by atoms with van der Waals surface area (Å²) in [6.07, 6.45) is 1.18. The van der Waals surface area contributed by atoms with Crippen LogP contribution in [0.3, 0.4) is 0 Å². The maximum absolute atomic E-state index is 13.7. The predicted octanol–water partition coefficient (Wildman–Crippen LogP) is 3.77. The van der Waals surface area contributed by atoms with E-state index < -0.39 is 6.43 Å². The molecule has 0 saturated heterocycles. The second-order valence-electron chi connectivity index (χ2n) is 6.87. The summed E-state index contributed by atoms with van der Waals surface area (Å²) in [5, 5.41) is 7.14. The molecule has 1 amide bonds. The summed E-state index contributed by atoms with van der Waals surface area (Å²) in [7, 11) is 3.51. The van der Waals surface area contributed by atoms with Crippen molar-refractivity contribution >= 4 is 17.4 Å². The molecule has 0 spiro atoms. The summed E-state index contributed by atoms with van der Waals surface area (Å²) in [6, 6.07) is 4.58. The zero-order chi connectivity index (χ0) is 23.1. The standard InChI is InChI=1S/C20H24F2N6O.C2H6/c1-12(29)28-7-6-18(24-2)17(11-28)20(23)26-14-4-5-15(16(8-14)19(21)22)13-9-25-27(3)10-13;1-2/h4-5,8-10,19,24H,6-7,11H2,1-3H3,(H2,23,26);1-2H3. The minimum Gasteiger partial charge on any atom is -0.391 e. The second-order valence-corrected chi connectivity index (χ2v) is 6.87. The number of benzene rings is 1. The monoisotopic (exact) mass is 432 g/mol. The molecule has 3 rings (SSSR count). The fraction of sp³-hybridized carbons (Fsp3) is 0.409. The van der Waals surface area contributed by atoms with Crippen LogP contribution in [0.5, 0.6) is 0 Å². The van der Waals surface area contributed by atoms with E-state index in [0.29, 0.717) is 41.9 Å². The van der Waals surface area contributed by atoms with E-state index in [-0.39, 0.29) is 17.3 Å². The van der Waals surface area contributed by atoms with Crippen molar-refractivity contribution in [3.05, 3.63) is 47.4 Å². The van der Waals surface area contributed by atoms with Crippen LogP contribution >= 0.6 is 0 Å². The number of amides is 1. The molecule has 0 atom stereocenters. The number of hydrogen-bond donors (Lipinski definition) is 2. The van der Waals surface area contributed by atoms with Gasteiger partial charge in [0.2, 0.25) is 5.91 Å². The van der Waals surface area contributed by atoms with Crippen molar-refractivity contribution in [2.75, 3.05) is 20.1 Å². The Morgan fingerprint density at radius 1 is 1.32 bits per heavy atom. The molecule has 0 bridgehead atoms. The molecule has 7 nitrogen and oxygen atoms in total. The Bertz CT molecular complexity index is 980. The number of nitrogens with one attached hydrogen (secondary N) is 1. The van der Waals surface area contributed by atoms with Crippen LogP contribution in [0, 0.1) is 0 Å². The molecule has 0 unspecified atom stereocenters. The number of halogens is 2. The third-order valence-corrected chi connectivity index (χ3v) is 4.94. The molecule has 3 N–H and O–H groups in total. The number of alkyl halides is 2. The van der Waals surface area contributed by atoms with Crippen molar-refractivity contribution in [2.24, 2.45) is 17.8 Å². The van der Waals surface area contributed by atoms with Gasteiger partial charge in [0.05, 0.1) is 18.4 Å². The number of hydrogen-bond acceptors (Lipinski definition) is 4. The first-order valence-electron chi connectivity index (χ1n) is 10.2. The first-order chi connectivity index (χ1) is 14.8. The summed E-state index contributed by atoms with van der Waals surface area (Å²) in [4.78, 5) is 17.8. The summed E-state index contributed by atoms with van der Waals surface area (Å²) >= 11 is 0. The molecule has 1 aromatic carbocycles. The van der Waals surface area contributed by atoms with Crippen molar-refractivity contribution in [3.8, 4) is 11.1 Å². The van der Waals surface area contributed by atoms with Crippen molar-refractivity contribution in [1.82, 2.24) is 20.0 Å². The van der Waals surface area contributed by atoms with Gasteiger partial charge in [-0.3, -0.25) is 9.48 Å². The number of carbonyl (C=O) groups is 1. The summed E-state index contributed by atoms with van der Waals surface area (Å²) < 4.78 is 28.9. The van der Waals surface area contributed by atoms with Gasteiger partial charge in [-0.1, -0.05) is 19.9 Å². The summed E-state index contributed by atoms with van der Waals surface area (Å²) in [5.41, 5.74) is 9.00. The topological polar surface area (TPSA) is 88.5 Å². The predicted molar refractivity (Wildman–Crippen MR) is 119 cm³/mol. The van der Waals surface area contributed by atoms with E-state index in [2.05, 4.69) is 15.4 Å². The molecule has 1 aliphatic rings. The van der Waals surface area contributed by atoms with Crippen molar-refractivity contribution in [1.29, 1.82) is 0 Å². The summed E-state index contributed by atoms with van der Waals surface area (Å²) in [5.74, 6) is 0.154. The van der Waals surface area contributed by atoms with Gasteiger partial charge in [-0.15, -0.1) is 0 Å². The van der Waals surface area contributed by atoms with Crippen LogP contribution in [0.25, 0.3) is 11.1 Å². The van der Waals surface area contributed by atoms with Crippen LogP contribution < -0.4 is 11.1 Å². The summed E-state index contributed by atoms with van der Waals surface area (Å²) in [6.45, 7) is 6.43. The molecule has 168 valence electrons. The number of nitrogens with zero attached hydrogens (tertiary/aromatic N) is 4. The van der Waals surface area contributed by atoms with E-state index in [0.717, 1.165) is 5.70 Å². The Kier molecular flexibility index (Phi) is 8.30. The third-order valence-electron chi connectivity index (χ3n) is 4.94. The van der Waals surface area contributed by atoms with Gasteiger partial charge in [0, 0.05) is 62.6 Å². The first kappa shape index (κ1) is 24.0. The van der Waals surface area contributed by atoms with Gasteiger partial charge in [-0.05, 0) is 17.7 Å². The van der Waals surface area contributed by atoms with Crippen LogP contribution in [0.4, 0.5) is 14.5 Å². The molecule has 31 heavy (non-hydrogen) atoms. The molecule has 0 saturated carbocycles. The number of carbonyl (C=O) groups excluding carboxylic acids is 1. The number of aromatic nitrogens is 2. The molecule has 2 aromatic rings. The quantitative estimate of drug-likeness (QED) is 0.556. The smallest absolute Gasteiger partial charge is 0.264 e. The van der Waals surface area contributed by atoms with E-state index in [9.17, 15) is 13.6 Å². The molecule has 0 radical (unpaired) electrons. The van der Waals surface area contributed by atoms with Gasteiger partial charge in [0.15, 0.2) is 0 Å². The minimum atomic E-state index is -2.67. The average Bonchev–Trinajstić information content (AvgIpc) is 3.20.